The molecule has 1 aliphatic heterocycles. The van der Waals surface area contributed by atoms with Gasteiger partial charge < -0.3 is 16.0 Å². The van der Waals surface area contributed by atoms with Crippen LogP contribution in [0.2, 0.25) is 0 Å². The third-order valence-electron chi connectivity index (χ3n) is 5.79. The number of amides is 2. The molecule has 4 rings (SSSR count). The Bertz CT molecular complexity index is 1110. The Hall–Kier alpha value is -3.78. The fourth-order valence-electron chi connectivity index (χ4n) is 4.02. The largest absolute Gasteiger partial charge is 0.399 e. The molecule has 5 nitrogen and oxygen atoms in total. The topological polar surface area (TPSA) is 75.4 Å². The van der Waals surface area contributed by atoms with E-state index in [9.17, 15) is 9.59 Å². The minimum Gasteiger partial charge on any atom is -0.399 e. The first-order valence-electron chi connectivity index (χ1n) is 11.0. The lowest BCUT2D eigenvalue weighted by molar-refractivity contribution is -0.137. The van der Waals surface area contributed by atoms with Gasteiger partial charge in [-0.15, -0.1) is 0 Å². The summed E-state index contributed by atoms with van der Waals surface area (Å²) in [6, 6.07) is 16.7. The molecule has 1 fully saturated rings. The molecule has 1 atom stereocenters. The van der Waals surface area contributed by atoms with Gasteiger partial charge in [0.05, 0.1) is 6.42 Å². The molecule has 162 valence electrons. The molecule has 1 saturated heterocycles. The summed E-state index contributed by atoms with van der Waals surface area (Å²) in [5.74, 6) is 6.25. The lowest BCUT2D eigenvalue weighted by Crippen LogP contribution is -2.46. The Morgan fingerprint density at radius 2 is 1.78 bits per heavy atom. The van der Waals surface area contributed by atoms with Crippen LogP contribution < -0.4 is 11.1 Å². The van der Waals surface area contributed by atoms with Crippen molar-refractivity contribution in [1.29, 1.82) is 0 Å². The van der Waals surface area contributed by atoms with Crippen molar-refractivity contribution in [2.24, 2.45) is 0 Å². The molecule has 0 saturated carbocycles. The van der Waals surface area contributed by atoms with Gasteiger partial charge in [0.2, 0.25) is 11.8 Å². The molecular formula is C27H27N3O2. The van der Waals surface area contributed by atoms with Crippen LogP contribution >= 0.6 is 0 Å². The van der Waals surface area contributed by atoms with E-state index in [1.807, 2.05) is 66.7 Å². The number of carbonyl (C=O) groups is 2. The molecule has 0 spiro atoms. The highest BCUT2D eigenvalue weighted by molar-refractivity contribution is 5.90. The van der Waals surface area contributed by atoms with Crippen LogP contribution in [0.3, 0.4) is 0 Å². The van der Waals surface area contributed by atoms with Gasteiger partial charge in [0.25, 0.3) is 0 Å². The lowest BCUT2D eigenvalue weighted by atomic mass is 10.0. The monoisotopic (exact) mass is 425 g/mol. The standard InChI is InChI=1S/C27H27N3O2/c28-23-14-10-20(11-15-23)8-9-21-12-16-24(17-13-21)29-27(32)25-7-4-18-30(25)26(31)19-22-5-2-1-3-6-22/h1-3,5-6,10-12,14-16,25H,4,7,13,17-19,28H2,(H,29,32). The average molecular weight is 426 g/mol. The Kier molecular flexibility index (Phi) is 6.72. The number of nitrogen functional groups attached to an aromatic ring is 1. The van der Waals surface area contributed by atoms with Gasteiger partial charge in [-0.2, -0.15) is 0 Å². The van der Waals surface area contributed by atoms with Crippen molar-refractivity contribution in [3.05, 3.63) is 89.1 Å². The second-order valence-corrected chi connectivity index (χ2v) is 8.15. The molecule has 2 aromatic rings. The van der Waals surface area contributed by atoms with E-state index < -0.39 is 6.04 Å². The average Bonchev–Trinajstić information content (AvgIpc) is 3.31. The zero-order valence-electron chi connectivity index (χ0n) is 18.0. The molecule has 32 heavy (non-hydrogen) atoms. The van der Waals surface area contributed by atoms with Crippen LogP contribution in [0.1, 0.15) is 36.8 Å². The Morgan fingerprint density at radius 1 is 1.00 bits per heavy atom. The number of allylic oxidation sites excluding steroid dienone is 4. The van der Waals surface area contributed by atoms with Gasteiger partial charge in [-0.05, 0) is 67.7 Å². The van der Waals surface area contributed by atoms with Crippen molar-refractivity contribution in [2.75, 3.05) is 12.3 Å². The smallest absolute Gasteiger partial charge is 0.246 e. The first-order chi connectivity index (χ1) is 15.6. The Morgan fingerprint density at radius 3 is 2.50 bits per heavy atom. The molecule has 1 unspecified atom stereocenters. The first-order valence-corrected chi connectivity index (χ1v) is 11.0. The molecule has 2 aliphatic rings. The predicted molar refractivity (Wildman–Crippen MR) is 126 cm³/mol. The number of nitrogens with zero attached hydrogens (tertiary/aromatic N) is 1. The zero-order chi connectivity index (χ0) is 22.3. The molecule has 1 heterocycles. The third-order valence-corrected chi connectivity index (χ3v) is 5.79. The van der Waals surface area contributed by atoms with Gasteiger partial charge in [0.15, 0.2) is 0 Å². The number of nitrogens with one attached hydrogen (secondary N) is 1. The van der Waals surface area contributed by atoms with E-state index in [1.165, 1.54) is 0 Å². The number of hydrogen-bond donors (Lipinski definition) is 2. The number of anilines is 1. The summed E-state index contributed by atoms with van der Waals surface area (Å²) in [5, 5.41) is 3.03. The maximum absolute atomic E-state index is 12.9. The molecule has 0 radical (unpaired) electrons. The lowest BCUT2D eigenvalue weighted by Gasteiger charge is -2.25. The summed E-state index contributed by atoms with van der Waals surface area (Å²) in [5.41, 5.74) is 10.2. The number of hydrogen-bond acceptors (Lipinski definition) is 3. The molecule has 1 aliphatic carbocycles. The number of benzene rings is 2. The quantitative estimate of drug-likeness (QED) is 0.581. The molecule has 5 heteroatoms. The molecule has 0 bridgehead atoms. The number of carbonyl (C=O) groups excluding carboxylic acids is 2. The summed E-state index contributed by atoms with van der Waals surface area (Å²) in [4.78, 5) is 27.4. The molecule has 2 aromatic carbocycles. The van der Waals surface area contributed by atoms with Gasteiger partial charge in [-0.1, -0.05) is 42.2 Å². The van der Waals surface area contributed by atoms with Crippen molar-refractivity contribution >= 4 is 17.5 Å². The number of likely N-dealkylation sites (tertiary alicyclic amines) is 1. The highest BCUT2D eigenvalue weighted by Crippen LogP contribution is 2.21. The summed E-state index contributed by atoms with van der Waals surface area (Å²) in [6.07, 6.45) is 7.24. The van der Waals surface area contributed by atoms with Crippen LogP contribution in [0.5, 0.6) is 0 Å². The number of rotatable bonds is 4. The SMILES string of the molecule is Nc1ccc(C#CC2=CC=C(NC(=O)C3CCCN3C(=O)Cc3ccccc3)CC2)cc1. The molecule has 0 aromatic heterocycles. The van der Waals surface area contributed by atoms with Crippen LogP contribution in [0.4, 0.5) is 5.69 Å². The minimum absolute atomic E-state index is 0.00611. The third kappa shape index (κ3) is 5.47. The van der Waals surface area contributed by atoms with Gasteiger partial charge in [-0.3, -0.25) is 9.59 Å². The molecule has 3 N–H and O–H groups in total. The van der Waals surface area contributed by atoms with Gasteiger partial charge in [-0.25, -0.2) is 0 Å². The van der Waals surface area contributed by atoms with E-state index in [2.05, 4.69) is 17.2 Å². The van der Waals surface area contributed by atoms with Crippen molar-refractivity contribution in [2.45, 2.75) is 38.1 Å². The van der Waals surface area contributed by atoms with E-state index in [0.717, 1.165) is 47.3 Å². The van der Waals surface area contributed by atoms with Crippen LogP contribution in [-0.4, -0.2) is 29.3 Å². The van der Waals surface area contributed by atoms with E-state index in [1.54, 1.807) is 4.90 Å². The van der Waals surface area contributed by atoms with Crippen LogP contribution in [0.25, 0.3) is 0 Å². The first kappa shape index (κ1) is 21.5. The molecule has 2 amide bonds. The Labute approximate surface area is 189 Å². The van der Waals surface area contributed by atoms with Crippen LogP contribution in [0.15, 0.2) is 78.0 Å². The fourth-order valence-corrected chi connectivity index (χ4v) is 4.02. The van der Waals surface area contributed by atoms with Gasteiger partial charge in [0.1, 0.15) is 6.04 Å². The summed E-state index contributed by atoms with van der Waals surface area (Å²) in [6.45, 7) is 0.633. The highest BCUT2D eigenvalue weighted by Gasteiger charge is 2.34. The van der Waals surface area contributed by atoms with Crippen molar-refractivity contribution in [1.82, 2.24) is 10.2 Å². The van der Waals surface area contributed by atoms with Crippen molar-refractivity contribution < 1.29 is 9.59 Å². The zero-order valence-corrected chi connectivity index (χ0v) is 18.0. The highest BCUT2D eigenvalue weighted by atomic mass is 16.2. The predicted octanol–water partition coefficient (Wildman–Crippen LogP) is 3.57. The number of nitrogens with two attached hydrogens (primary N) is 1. The van der Waals surface area contributed by atoms with E-state index in [0.29, 0.717) is 19.4 Å². The Balaban J connectivity index is 1.35. The summed E-state index contributed by atoms with van der Waals surface area (Å²) in [7, 11) is 0. The van der Waals surface area contributed by atoms with E-state index >= 15 is 0 Å². The van der Waals surface area contributed by atoms with Gasteiger partial charge in [0, 0.05) is 29.1 Å². The summed E-state index contributed by atoms with van der Waals surface area (Å²) < 4.78 is 0. The molecular weight excluding hydrogens is 398 g/mol. The summed E-state index contributed by atoms with van der Waals surface area (Å²) >= 11 is 0. The van der Waals surface area contributed by atoms with E-state index in [4.69, 9.17) is 5.73 Å². The minimum atomic E-state index is -0.400. The fraction of sp³-hybridized carbons (Fsp3) is 0.259. The van der Waals surface area contributed by atoms with E-state index in [-0.39, 0.29) is 11.8 Å². The van der Waals surface area contributed by atoms with Crippen LogP contribution in [-0.2, 0) is 16.0 Å². The van der Waals surface area contributed by atoms with Crippen molar-refractivity contribution in [3.8, 4) is 11.8 Å². The second-order valence-electron chi connectivity index (χ2n) is 8.15. The second kappa shape index (κ2) is 10.0. The normalized spacial score (nSPS) is 17.6. The van der Waals surface area contributed by atoms with Gasteiger partial charge >= 0.3 is 0 Å². The van der Waals surface area contributed by atoms with Crippen molar-refractivity contribution in [3.63, 3.8) is 0 Å². The van der Waals surface area contributed by atoms with Crippen LogP contribution in [0, 0.1) is 11.8 Å². The maximum Gasteiger partial charge on any atom is 0.246 e. The maximum atomic E-state index is 12.9.